The molecule has 1 saturated carbocycles. The van der Waals surface area contributed by atoms with Gasteiger partial charge in [0.2, 0.25) is 0 Å². The van der Waals surface area contributed by atoms with E-state index in [9.17, 15) is 0 Å². The van der Waals surface area contributed by atoms with Crippen LogP contribution in [0.3, 0.4) is 0 Å². The average Bonchev–Trinajstić information content (AvgIpc) is 3.30. The van der Waals surface area contributed by atoms with Gasteiger partial charge in [-0.15, -0.1) is 0 Å². The van der Waals surface area contributed by atoms with Gasteiger partial charge < -0.3 is 0 Å². The van der Waals surface area contributed by atoms with Crippen molar-refractivity contribution in [2.24, 2.45) is 11.8 Å². The van der Waals surface area contributed by atoms with Gasteiger partial charge in [-0.05, 0) is 102 Å². The first kappa shape index (κ1) is 17.4. The lowest BCUT2D eigenvalue weighted by Crippen LogP contribution is -2.18. The lowest BCUT2D eigenvalue weighted by Gasteiger charge is -2.34. The number of fused-ring (bicyclic) bond motifs is 6. The minimum absolute atomic E-state index is 0.608. The maximum atomic E-state index is 2.58. The maximum Gasteiger partial charge on any atom is 0.0107 e. The van der Waals surface area contributed by atoms with E-state index in [-0.39, 0.29) is 0 Å². The summed E-state index contributed by atoms with van der Waals surface area (Å²) in [7, 11) is 0. The predicted octanol–water partition coefficient (Wildman–Crippen LogP) is 8.04. The molecule has 0 nitrogen and oxygen atoms in total. The molecule has 0 spiro atoms. The summed E-state index contributed by atoms with van der Waals surface area (Å²) in [5.74, 6) is 2.82. The summed E-state index contributed by atoms with van der Waals surface area (Å²) in [5.41, 5.74) is 15.1. The summed E-state index contributed by atoms with van der Waals surface area (Å²) in [6, 6.07) is 18.7. The molecule has 8 rings (SSSR count). The van der Waals surface area contributed by atoms with E-state index in [1.807, 2.05) is 0 Å². The van der Waals surface area contributed by atoms with Crippen molar-refractivity contribution in [3.8, 4) is 0 Å². The lowest BCUT2D eigenvalue weighted by molar-refractivity contribution is 0.379. The highest BCUT2D eigenvalue weighted by Gasteiger charge is 2.44. The Morgan fingerprint density at radius 2 is 1.50 bits per heavy atom. The summed E-state index contributed by atoms with van der Waals surface area (Å²) in [6.45, 7) is 2.45. The number of rotatable bonds is 2. The molecule has 0 saturated heterocycles. The zero-order valence-electron chi connectivity index (χ0n) is 18.0. The van der Waals surface area contributed by atoms with Crippen LogP contribution in [0, 0.1) is 11.8 Å². The molecule has 30 heavy (non-hydrogen) atoms. The molecule has 0 aromatic heterocycles. The Kier molecular flexibility index (Phi) is 3.66. The Bertz CT molecular complexity index is 1140. The van der Waals surface area contributed by atoms with Gasteiger partial charge >= 0.3 is 0 Å². The molecule has 3 unspecified atom stereocenters. The minimum Gasteiger partial charge on any atom is -0.0801 e. The first-order valence-corrected chi connectivity index (χ1v) is 12.1. The topological polar surface area (TPSA) is 0 Å². The average molecular weight is 391 g/mol. The molecule has 2 aromatic carbocycles. The first-order valence-electron chi connectivity index (χ1n) is 12.1. The van der Waals surface area contributed by atoms with E-state index >= 15 is 0 Å². The van der Waals surface area contributed by atoms with Crippen LogP contribution in [0.25, 0.3) is 11.1 Å². The van der Waals surface area contributed by atoms with Gasteiger partial charge in [-0.25, -0.2) is 0 Å². The third kappa shape index (κ3) is 2.28. The van der Waals surface area contributed by atoms with Gasteiger partial charge in [-0.1, -0.05) is 72.7 Å². The van der Waals surface area contributed by atoms with E-state index in [2.05, 4.69) is 61.5 Å². The molecule has 0 amide bonds. The molecule has 0 N–H and O–H groups in total. The van der Waals surface area contributed by atoms with Gasteiger partial charge in [0.15, 0.2) is 0 Å². The van der Waals surface area contributed by atoms with Crippen molar-refractivity contribution in [3.05, 3.63) is 93.6 Å². The summed E-state index contributed by atoms with van der Waals surface area (Å²) in [4.78, 5) is 0. The molecule has 0 heteroatoms. The van der Waals surface area contributed by atoms with E-state index in [1.54, 1.807) is 50.1 Å². The van der Waals surface area contributed by atoms with Crippen molar-refractivity contribution >= 4 is 11.1 Å². The second kappa shape index (κ2) is 6.33. The van der Waals surface area contributed by atoms with Crippen LogP contribution in [0.15, 0.2) is 71.3 Å². The van der Waals surface area contributed by atoms with Crippen LogP contribution in [0.4, 0.5) is 0 Å². The highest BCUT2D eigenvalue weighted by molar-refractivity contribution is 5.92. The van der Waals surface area contributed by atoms with Gasteiger partial charge in [-0.3, -0.25) is 0 Å². The van der Waals surface area contributed by atoms with Crippen molar-refractivity contribution in [1.29, 1.82) is 0 Å². The van der Waals surface area contributed by atoms with Crippen LogP contribution < -0.4 is 0 Å². The fraction of sp³-hybridized carbons (Fsp3) is 0.400. The van der Waals surface area contributed by atoms with Gasteiger partial charge in [0, 0.05) is 5.92 Å². The number of benzene rings is 2. The maximum absolute atomic E-state index is 2.58. The highest BCUT2D eigenvalue weighted by Crippen LogP contribution is 2.61. The van der Waals surface area contributed by atoms with E-state index in [0.29, 0.717) is 11.8 Å². The molecular formula is C30H30. The summed E-state index contributed by atoms with van der Waals surface area (Å²) >= 11 is 0. The van der Waals surface area contributed by atoms with E-state index in [4.69, 9.17) is 0 Å². The molecule has 1 fully saturated rings. The quantitative estimate of drug-likeness (QED) is 0.487. The van der Waals surface area contributed by atoms with Crippen LogP contribution in [-0.4, -0.2) is 0 Å². The van der Waals surface area contributed by atoms with Crippen molar-refractivity contribution in [1.82, 2.24) is 0 Å². The van der Waals surface area contributed by atoms with Crippen molar-refractivity contribution in [2.75, 3.05) is 0 Å². The van der Waals surface area contributed by atoms with Gasteiger partial charge in [0.25, 0.3) is 0 Å². The Balaban J connectivity index is 1.36. The van der Waals surface area contributed by atoms with Gasteiger partial charge in [0.1, 0.15) is 0 Å². The number of hydrogen-bond donors (Lipinski definition) is 0. The molecule has 0 heterocycles. The SMILES string of the molecule is C[C@@H]1CC=C2c3ccccc3C(CC3C4=C5CCC(=C4c4ccccc43)CC5)C2C1. The van der Waals surface area contributed by atoms with Crippen LogP contribution in [0.5, 0.6) is 0 Å². The van der Waals surface area contributed by atoms with Crippen molar-refractivity contribution < 1.29 is 0 Å². The Morgan fingerprint density at radius 3 is 2.33 bits per heavy atom. The molecule has 2 aromatic rings. The molecule has 150 valence electrons. The summed E-state index contributed by atoms with van der Waals surface area (Å²) < 4.78 is 0. The third-order valence-corrected chi connectivity index (χ3v) is 8.86. The molecule has 2 bridgehead atoms. The summed E-state index contributed by atoms with van der Waals surface area (Å²) in [6.07, 6.45) is 11.8. The standard InChI is InChI=1S/C30H30/c1-18-10-15-24-21-6-2-3-7-22(21)27(26(24)16-18)17-28-23-8-4-5-9-25(23)29-19-11-13-20(14-12-19)30(28)29/h2-9,15,18,26-28H,10-14,16-17H2,1H3/t18-,26?,27?,28?/m1/s1. The monoisotopic (exact) mass is 390 g/mol. The first-order chi connectivity index (χ1) is 14.8. The minimum atomic E-state index is 0.608. The van der Waals surface area contributed by atoms with E-state index < -0.39 is 0 Å². The zero-order valence-corrected chi connectivity index (χ0v) is 18.0. The van der Waals surface area contributed by atoms with Crippen LogP contribution in [0.2, 0.25) is 0 Å². The van der Waals surface area contributed by atoms with E-state index in [1.165, 1.54) is 44.9 Å². The Labute approximate surface area is 180 Å². The summed E-state index contributed by atoms with van der Waals surface area (Å²) in [5, 5.41) is 0. The van der Waals surface area contributed by atoms with Crippen LogP contribution >= 0.6 is 0 Å². The normalized spacial score (nSPS) is 30.8. The fourth-order valence-electron chi connectivity index (χ4n) is 7.60. The van der Waals surface area contributed by atoms with Crippen molar-refractivity contribution in [2.45, 2.75) is 63.7 Å². The number of allylic oxidation sites excluding steroid dienone is 6. The molecular weight excluding hydrogens is 360 g/mol. The fourth-order valence-corrected chi connectivity index (χ4v) is 7.60. The Hall–Kier alpha value is -2.34. The molecule has 4 atom stereocenters. The third-order valence-electron chi connectivity index (χ3n) is 8.86. The van der Waals surface area contributed by atoms with Gasteiger partial charge in [-0.2, -0.15) is 0 Å². The zero-order chi connectivity index (χ0) is 19.8. The predicted molar refractivity (Wildman–Crippen MR) is 125 cm³/mol. The molecule has 0 radical (unpaired) electrons. The second-order valence-corrected chi connectivity index (χ2v) is 10.4. The Morgan fingerprint density at radius 1 is 0.800 bits per heavy atom. The molecule has 6 aliphatic carbocycles. The van der Waals surface area contributed by atoms with Crippen LogP contribution in [-0.2, 0) is 0 Å². The van der Waals surface area contributed by atoms with Crippen molar-refractivity contribution in [3.63, 3.8) is 0 Å². The highest BCUT2D eigenvalue weighted by atomic mass is 14.5. The molecule has 0 aliphatic heterocycles. The molecule has 6 aliphatic rings. The van der Waals surface area contributed by atoms with Gasteiger partial charge in [0.05, 0.1) is 0 Å². The number of hydrogen-bond acceptors (Lipinski definition) is 0. The van der Waals surface area contributed by atoms with E-state index in [0.717, 1.165) is 11.8 Å². The lowest BCUT2D eigenvalue weighted by atomic mass is 9.70. The smallest absolute Gasteiger partial charge is 0.0107 e. The second-order valence-electron chi connectivity index (χ2n) is 10.4. The largest absolute Gasteiger partial charge is 0.0801 e. The van der Waals surface area contributed by atoms with Crippen LogP contribution in [0.1, 0.15) is 86.0 Å².